The van der Waals surface area contributed by atoms with Gasteiger partial charge in [0.1, 0.15) is 11.3 Å². The predicted octanol–water partition coefficient (Wildman–Crippen LogP) is 0.724. The average Bonchev–Trinajstić information content (AvgIpc) is 3.35. The van der Waals surface area contributed by atoms with Crippen molar-refractivity contribution in [1.29, 1.82) is 0 Å². The highest BCUT2D eigenvalue weighted by atomic mass is 16.3. The minimum absolute atomic E-state index is 0.110. The highest BCUT2D eigenvalue weighted by Gasteiger charge is 2.41. The van der Waals surface area contributed by atoms with E-state index in [9.17, 15) is 9.90 Å². The lowest BCUT2D eigenvalue weighted by molar-refractivity contribution is 0.0382. The van der Waals surface area contributed by atoms with E-state index in [2.05, 4.69) is 20.5 Å². The molecule has 8 nitrogen and oxygen atoms in total. The van der Waals surface area contributed by atoms with Crippen LogP contribution in [0.25, 0.3) is 5.69 Å². The van der Waals surface area contributed by atoms with E-state index in [0.717, 1.165) is 5.69 Å². The molecule has 1 aromatic carbocycles. The Morgan fingerprint density at radius 2 is 2.12 bits per heavy atom. The van der Waals surface area contributed by atoms with Crippen molar-refractivity contribution < 1.29 is 9.90 Å². The summed E-state index contributed by atoms with van der Waals surface area (Å²) in [6.07, 6.45) is 5.48. The Morgan fingerprint density at radius 3 is 2.79 bits per heavy atom. The molecule has 0 unspecified atom stereocenters. The second kappa shape index (κ2) is 5.57. The highest BCUT2D eigenvalue weighted by Crippen LogP contribution is 2.31. The average molecular weight is 324 g/mol. The first-order chi connectivity index (χ1) is 11.7. The van der Waals surface area contributed by atoms with Gasteiger partial charge < -0.3 is 10.0 Å². The molecule has 1 aliphatic rings. The minimum Gasteiger partial charge on any atom is -0.381 e. The van der Waals surface area contributed by atoms with Crippen molar-refractivity contribution in [3.05, 3.63) is 60.2 Å². The Morgan fingerprint density at radius 1 is 1.29 bits per heavy atom. The first kappa shape index (κ1) is 14.6. The molecule has 2 aromatic heterocycles. The number of amides is 1. The summed E-state index contributed by atoms with van der Waals surface area (Å²) >= 11 is 0. The molecule has 24 heavy (non-hydrogen) atoms. The summed E-state index contributed by atoms with van der Waals surface area (Å²) in [5.41, 5.74) is 0.789. The van der Waals surface area contributed by atoms with Gasteiger partial charge in [-0.3, -0.25) is 4.79 Å². The van der Waals surface area contributed by atoms with Crippen molar-refractivity contribution in [2.24, 2.45) is 0 Å². The van der Waals surface area contributed by atoms with E-state index in [1.807, 2.05) is 24.4 Å². The van der Waals surface area contributed by atoms with Crippen LogP contribution in [0, 0.1) is 0 Å². The molecule has 1 atom stereocenters. The fraction of sp³-hybridized carbons (Fsp3) is 0.250. The van der Waals surface area contributed by atoms with Crippen LogP contribution in [0.4, 0.5) is 0 Å². The molecule has 1 aliphatic heterocycles. The molecule has 4 rings (SSSR count). The topological polar surface area (TPSA) is 99.9 Å². The molecule has 0 bridgehead atoms. The molecule has 3 heterocycles. The molecule has 3 aromatic rings. The Kier molecular flexibility index (Phi) is 3.39. The van der Waals surface area contributed by atoms with Gasteiger partial charge in [-0.15, -0.1) is 0 Å². The maximum Gasteiger partial charge on any atom is 0.253 e. The molecule has 1 saturated heterocycles. The molecular weight excluding hydrogens is 308 g/mol. The molecule has 0 spiro atoms. The monoisotopic (exact) mass is 324 g/mol. The third kappa shape index (κ3) is 2.46. The van der Waals surface area contributed by atoms with Gasteiger partial charge in [-0.1, -0.05) is 0 Å². The standard InChI is InChI=1S/C16H16N6O2/c23-15(12-2-4-13(5-3-12)22-8-1-7-18-22)21-9-6-16(24,11-21)14-10-17-20-19-14/h1-5,7-8,10,24H,6,9,11H2,(H,17,19,20)/t16-/m0/s1. The lowest BCUT2D eigenvalue weighted by Gasteiger charge is -2.21. The third-order valence-corrected chi connectivity index (χ3v) is 4.31. The number of nitrogens with one attached hydrogen (secondary N) is 1. The summed E-state index contributed by atoms with van der Waals surface area (Å²) in [7, 11) is 0. The maximum atomic E-state index is 12.7. The van der Waals surface area contributed by atoms with Crippen LogP contribution in [-0.4, -0.2) is 54.2 Å². The number of likely N-dealkylation sites (tertiary alicyclic amines) is 1. The Labute approximate surface area is 137 Å². The lowest BCUT2D eigenvalue weighted by Crippen LogP contribution is -2.34. The lowest BCUT2D eigenvalue weighted by atomic mass is 10.00. The first-order valence-electron chi connectivity index (χ1n) is 7.64. The number of H-pyrrole nitrogens is 1. The van der Waals surface area contributed by atoms with E-state index in [1.165, 1.54) is 6.20 Å². The van der Waals surface area contributed by atoms with Crippen LogP contribution in [0.5, 0.6) is 0 Å². The Hall–Kier alpha value is -3.00. The fourth-order valence-corrected chi connectivity index (χ4v) is 2.96. The molecule has 0 saturated carbocycles. The summed E-state index contributed by atoms with van der Waals surface area (Å²) in [6, 6.07) is 9.08. The normalized spacial score (nSPS) is 20.5. The maximum absolute atomic E-state index is 12.7. The van der Waals surface area contributed by atoms with Gasteiger partial charge in [-0.2, -0.15) is 20.5 Å². The summed E-state index contributed by atoms with van der Waals surface area (Å²) in [5.74, 6) is -0.110. The highest BCUT2D eigenvalue weighted by molar-refractivity contribution is 5.94. The van der Waals surface area contributed by atoms with Crippen LogP contribution in [0.1, 0.15) is 22.5 Å². The Bertz CT molecular complexity index is 828. The van der Waals surface area contributed by atoms with Gasteiger partial charge in [0.05, 0.1) is 18.4 Å². The zero-order valence-corrected chi connectivity index (χ0v) is 12.8. The van der Waals surface area contributed by atoms with Crippen molar-refractivity contribution in [3.63, 3.8) is 0 Å². The molecular formula is C16H16N6O2. The van der Waals surface area contributed by atoms with Crippen LogP contribution >= 0.6 is 0 Å². The second-order valence-electron chi connectivity index (χ2n) is 5.86. The number of rotatable bonds is 3. The number of hydrogen-bond donors (Lipinski definition) is 2. The zero-order valence-electron chi connectivity index (χ0n) is 12.8. The molecule has 2 N–H and O–H groups in total. The van der Waals surface area contributed by atoms with Crippen LogP contribution in [-0.2, 0) is 5.60 Å². The van der Waals surface area contributed by atoms with E-state index >= 15 is 0 Å². The van der Waals surface area contributed by atoms with Crippen molar-refractivity contribution in [3.8, 4) is 5.69 Å². The van der Waals surface area contributed by atoms with E-state index in [4.69, 9.17) is 0 Å². The summed E-state index contributed by atoms with van der Waals surface area (Å²) in [4.78, 5) is 14.3. The fourth-order valence-electron chi connectivity index (χ4n) is 2.96. The van der Waals surface area contributed by atoms with Gasteiger partial charge in [0, 0.05) is 30.9 Å². The first-order valence-corrected chi connectivity index (χ1v) is 7.64. The molecule has 1 amide bonds. The zero-order chi connectivity index (χ0) is 16.6. The van der Waals surface area contributed by atoms with Gasteiger partial charge in [0.2, 0.25) is 0 Å². The van der Waals surface area contributed by atoms with Crippen molar-refractivity contribution in [1.82, 2.24) is 30.1 Å². The van der Waals surface area contributed by atoms with Crippen LogP contribution in [0.2, 0.25) is 0 Å². The SMILES string of the molecule is O=C(c1ccc(-n2cccn2)cc1)N1CC[C@@](O)(c2cn[nH]n2)C1. The number of aromatic amines is 1. The molecule has 1 fully saturated rings. The summed E-state index contributed by atoms with van der Waals surface area (Å²) in [5, 5.41) is 25.0. The molecule has 122 valence electrons. The number of aromatic nitrogens is 5. The Balaban J connectivity index is 1.50. The van der Waals surface area contributed by atoms with E-state index in [0.29, 0.717) is 24.2 Å². The summed E-state index contributed by atoms with van der Waals surface area (Å²) in [6.45, 7) is 0.683. The van der Waals surface area contributed by atoms with Crippen LogP contribution in [0.3, 0.4) is 0 Å². The largest absolute Gasteiger partial charge is 0.381 e. The van der Waals surface area contributed by atoms with E-state index in [-0.39, 0.29) is 12.5 Å². The van der Waals surface area contributed by atoms with E-state index in [1.54, 1.807) is 27.9 Å². The van der Waals surface area contributed by atoms with Gasteiger partial charge >= 0.3 is 0 Å². The quantitative estimate of drug-likeness (QED) is 0.739. The predicted molar refractivity (Wildman–Crippen MR) is 84.4 cm³/mol. The van der Waals surface area contributed by atoms with E-state index < -0.39 is 5.60 Å². The van der Waals surface area contributed by atoms with Gasteiger partial charge in [0.25, 0.3) is 5.91 Å². The van der Waals surface area contributed by atoms with Crippen molar-refractivity contribution in [2.45, 2.75) is 12.0 Å². The number of β-amino-alcohol motifs (C(OH)–C–C–N with tert-alkyl or cyclic N) is 1. The number of carbonyl (C=O) groups excluding carboxylic acids is 1. The van der Waals surface area contributed by atoms with Crippen molar-refractivity contribution in [2.75, 3.05) is 13.1 Å². The second-order valence-corrected chi connectivity index (χ2v) is 5.86. The molecule has 0 aliphatic carbocycles. The summed E-state index contributed by atoms with van der Waals surface area (Å²) < 4.78 is 1.73. The number of hydrogen-bond acceptors (Lipinski definition) is 5. The molecule has 8 heteroatoms. The number of aliphatic hydroxyl groups is 1. The number of nitrogens with zero attached hydrogens (tertiary/aromatic N) is 5. The van der Waals surface area contributed by atoms with Gasteiger partial charge in [-0.25, -0.2) is 4.68 Å². The molecule has 0 radical (unpaired) electrons. The smallest absolute Gasteiger partial charge is 0.253 e. The van der Waals surface area contributed by atoms with Crippen LogP contribution in [0.15, 0.2) is 48.9 Å². The van der Waals surface area contributed by atoms with Crippen LogP contribution < -0.4 is 0 Å². The van der Waals surface area contributed by atoms with Crippen molar-refractivity contribution >= 4 is 5.91 Å². The minimum atomic E-state index is -1.14. The van der Waals surface area contributed by atoms with Gasteiger partial charge in [-0.05, 0) is 30.3 Å². The van der Waals surface area contributed by atoms with Gasteiger partial charge in [0.15, 0.2) is 0 Å². The number of carbonyl (C=O) groups is 1. The third-order valence-electron chi connectivity index (χ3n) is 4.31. The number of benzene rings is 1.